The molecule has 9 rings (SSSR count). The molecular formula is C47H49N9O5S2. The van der Waals surface area contributed by atoms with Crippen LogP contribution >= 0.6 is 22.7 Å². The molecule has 0 saturated carbocycles. The second-order valence-electron chi connectivity index (χ2n) is 16.9. The number of aliphatic hydroxyl groups is 1. The molecule has 2 aliphatic rings. The van der Waals surface area contributed by atoms with Crippen LogP contribution in [0.15, 0.2) is 89.2 Å². The number of nitrogens with one attached hydrogen (secondary N) is 1. The SMILES string of the molecule is Cc1ncsc1-c1ccc([C@H](C)NC(=O)[C@@H]2C[C@@H](O)CN2C(=O)[C@@H](c2cc(-c3cnc(CN4CCC(c5cc6cc(-c7ccccc7O)nnc6s5)CC4)nc3)no2)C(C)C)cc1. The van der Waals surface area contributed by atoms with Crippen LogP contribution in [0.1, 0.15) is 85.6 Å². The first-order chi connectivity index (χ1) is 30.5. The molecule has 3 N–H and O–H groups in total. The lowest BCUT2D eigenvalue weighted by Crippen LogP contribution is -2.48. The van der Waals surface area contributed by atoms with Crippen LogP contribution in [-0.4, -0.2) is 93.9 Å². The molecular weight excluding hydrogens is 835 g/mol. The number of piperidine rings is 1. The Kier molecular flexibility index (Phi) is 12.1. The molecule has 2 saturated heterocycles. The van der Waals surface area contributed by atoms with Crippen molar-refractivity contribution in [3.05, 3.63) is 112 Å². The molecule has 4 atom stereocenters. The molecule has 0 aliphatic carbocycles. The van der Waals surface area contributed by atoms with E-state index in [9.17, 15) is 19.8 Å². The number of hydrogen-bond donors (Lipinski definition) is 3. The van der Waals surface area contributed by atoms with E-state index in [1.807, 2.05) is 75.7 Å². The number of amides is 2. The summed E-state index contributed by atoms with van der Waals surface area (Å²) in [5.41, 5.74) is 7.32. The lowest BCUT2D eigenvalue weighted by molar-refractivity contribution is -0.141. The molecule has 0 spiro atoms. The molecule has 7 heterocycles. The van der Waals surface area contributed by atoms with Crippen LogP contribution in [0.25, 0.3) is 43.2 Å². The molecule has 16 heteroatoms. The van der Waals surface area contributed by atoms with E-state index in [1.165, 1.54) is 9.78 Å². The quantitative estimate of drug-likeness (QED) is 0.108. The first-order valence-electron chi connectivity index (χ1n) is 21.3. The number of nitrogens with zero attached hydrogens (tertiary/aromatic N) is 8. The van der Waals surface area contributed by atoms with Gasteiger partial charge >= 0.3 is 0 Å². The van der Waals surface area contributed by atoms with Crippen molar-refractivity contribution in [3.8, 4) is 38.7 Å². The van der Waals surface area contributed by atoms with E-state index in [-0.39, 0.29) is 42.5 Å². The number of rotatable bonds is 12. The lowest BCUT2D eigenvalue weighted by Gasteiger charge is -2.30. The zero-order valence-corrected chi connectivity index (χ0v) is 37.1. The number of fused-ring (bicyclic) bond motifs is 1. The second kappa shape index (κ2) is 18.0. The summed E-state index contributed by atoms with van der Waals surface area (Å²) in [6.07, 6.45) is 4.80. The van der Waals surface area contributed by atoms with Gasteiger partial charge in [-0.2, -0.15) is 0 Å². The summed E-state index contributed by atoms with van der Waals surface area (Å²) < 4.78 is 5.82. The van der Waals surface area contributed by atoms with Gasteiger partial charge in [0.05, 0.1) is 40.5 Å². The predicted molar refractivity (Wildman–Crippen MR) is 242 cm³/mol. The Morgan fingerprint density at radius 2 is 1.70 bits per heavy atom. The second-order valence-corrected chi connectivity index (χ2v) is 18.9. The molecule has 2 fully saturated rings. The zero-order chi connectivity index (χ0) is 43.8. The number of carbonyl (C=O) groups is 2. The highest BCUT2D eigenvalue weighted by molar-refractivity contribution is 7.18. The topological polar surface area (TPSA) is 184 Å². The number of thiophene rings is 1. The van der Waals surface area contributed by atoms with Crippen molar-refractivity contribution in [2.75, 3.05) is 19.6 Å². The van der Waals surface area contributed by atoms with Gasteiger partial charge in [0.15, 0.2) is 0 Å². The largest absolute Gasteiger partial charge is 0.507 e. The molecule has 2 aromatic carbocycles. The molecule has 0 radical (unpaired) electrons. The van der Waals surface area contributed by atoms with E-state index in [1.54, 1.807) is 53.3 Å². The number of phenolic OH excluding ortho intramolecular Hbond substituents is 1. The molecule has 2 aliphatic heterocycles. The fourth-order valence-electron chi connectivity index (χ4n) is 8.73. The smallest absolute Gasteiger partial charge is 0.243 e. The third kappa shape index (κ3) is 8.98. The Morgan fingerprint density at radius 3 is 2.41 bits per heavy atom. The summed E-state index contributed by atoms with van der Waals surface area (Å²) >= 11 is 3.28. The van der Waals surface area contributed by atoms with E-state index in [4.69, 9.17) is 4.52 Å². The monoisotopic (exact) mass is 883 g/mol. The van der Waals surface area contributed by atoms with E-state index < -0.39 is 18.1 Å². The van der Waals surface area contributed by atoms with Gasteiger partial charge in [-0.3, -0.25) is 14.5 Å². The van der Waals surface area contributed by atoms with Crippen molar-refractivity contribution < 1.29 is 24.3 Å². The third-order valence-electron chi connectivity index (χ3n) is 12.2. The standard InChI is InChI=1S/C47H49N9O5S2/c1-26(2)43(47(60)56-23-34(57)19-38(56)45(59)51-27(3)29-9-11-31(12-10-29)44-28(4)50-25-62-44)40-20-36(54-61-40)33-21-48-42(49-22-33)24-55-15-13-30(14-16-55)41-18-32-17-37(52-53-46(32)63-41)35-7-5-6-8-39(35)58/h5-12,17-18,20-22,25-27,30,34,38,43,57-58H,13-16,19,23-24H2,1-4H3,(H,51,59)/t27-,34+,38-,43+/m0/s1. The number of thiazole rings is 1. The highest BCUT2D eigenvalue weighted by Gasteiger charge is 2.43. The summed E-state index contributed by atoms with van der Waals surface area (Å²) in [7, 11) is 0. The van der Waals surface area contributed by atoms with Gasteiger partial charge < -0.3 is 25.0 Å². The highest BCUT2D eigenvalue weighted by Crippen LogP contribution is 2.38. The summed E-state index contributed by atoms with van der Waals surface area (Å²) in [5, 5.41) is 38.3. The molecule has 0 bridgehead atoms. The van der Waals surface area contributed by atoms with Crippen molar-refractivity contribution in [1.29, 1.82) is 0 Å². The Morgan fingerprint density at radius 1 is 0.937 bits per heavy atom. The summed E-state index contributed by atoms with van der Waals surface area (Å²) in [5.74, 6) is 0.184. The van der Waals surface area contributed by atoms with Crippen LogP contribution < -0.4 is 5.32 Å². The predicted octanol–water partition coefficient (Wildman–Crippen LogP) is 7.90. The Labute approximate surface area is 373 Å². The summed E-state index contributed by atoms with van der Waals surface area (Å²) in [6.45, 7) is 10.2. The van der Waals surface area contributed by atoms with Crippen molar-refractivity contribution in [2.45, 2.75) is 83.5 Å². The van der Waals surface area contributed by atoms with Crippen molar-refractivity contribution in [1.82, 2.24) is 45.4 Å². The zero-order valence-electron chi connectivity index (χ0n) is 35.5. The number of aromatic hydroxyl groups is 1. The number of carbonyl (C=O) groups excluding carboxylic acids is 2. The number of phenols is 1. The van der Waals surface area contributed by atoms with Crippen molar-refractivity contribution in [2.24, 2.45) is 5.92 Å². The Bertz CT molecular complexity index is 2730. The average molecular weight is 884 g/mol. The highest BCUT2D eigenvalue weighted by atomic mass is 32.1. The minimum Gasteiger partial charge on any atom is -0.507 e. The minimum atomic E-state index is -0.833. The van der Waals surface area contributed by atoms with Crippen molar-refractivity contribution in [3.63, 3.8) is 0 Å². The lowest BCUT2D eigenvalue weighted by atomic mass is 9.91. The van der Waals surface area contributed by atoms with Gasteiger partial charge in [-0.05, 0) is 87.0 Å². The van der Waals surface area contributed by atoms with Gasteiger partial charge in [-0.25, -0.2) is 15.0 Å². The third-order valence-corrected chi connectivity index (χ3v) is 14.4. The molecule has 0 unspecified atom stereocenters. The minimum absolute atomic E-state index is 0.0500. The van der Waals surface area contributed by atoms with Crippen LogP contribution in [-0.2, 0) is 16.1 Å². The Hall–Kier alpha value is -5.94. The van der Waals surface area contributed by atoms with Crippen LogP contribution in [0.3, 0.4) is 0 Å². The number of likely N-dealkylation sites (tertiary alicyclic amines) is 2. The molecule has 2 amide bonds. The van der Waals surface area contributed by atoms with Gasteiger partial charge in [-0.1, -0.05) is 55.4 Å². The normalized spacial score (nSPS) is 18.3. The average Bonchev–Trinajstić information content (AvgIpc) is 4.11. The Balaban J connectivity index is 0.802. The summed E-state index contributed by atoms with van der Waals surface area (Å²) in [4.78, 5) is 48.9. The van der Waals surface area contributed by atoms with Crippen LogP contribution in [0, 0.1) is 12.8 Å². The van der Waals surface area contributed by atoms with E-state index in [0.717, 1.165) is 57.8 Å². The van der Waals surface area contributed by atoms with Gasteiger partial charge in [0, 0.05) is 52.8 Å². The number of benzene rings is 2. The number of para-hydroxylation sites is 1. The maximum absolute atomic E-state index is 14.3. The van der Waals surface area contributed by atoms with Crippen LogP contribution in [0.4, 0.5) is 0 Å². The number of aryl methyl sites for hydroxylation is 1. The molecule has 63 heavy (non-hydrogen) atoms. The van der Waals surface area contributed by atoms with E-state index >= 15 is 0 Å². The first-order valence-corrected chi connectivity index (χ1v) is 23.0. The maximum Gasteiger partial charge on any atom is 0.243 e. The van der Waals surface area contributed by atoms with Gasteiger partial charge in [0.25, 0.3) is 0 Å². The summed E-state index contributed by atoms with van der Waals surface area (Å²) in [6, 6.07) is 20.0. The van der Waals surface area contributed by atoms with Crippen LogP contribution in [0.2, 0.25) is 0 Å². The van der Waals surface area contributed by atoms with Gasteiger partial charge in [0.1, 0.15) is 39.8 Å². The molecule has 5 aromatic heterocycles. The van der Waals surface area contributed by atoms with Crippen molar-refractivity contribution >= 4 is 44.7 Å². The number of aliphatic hydroxyl groups excluding tert-OH is 1. The molecule has 14 nitrogen and oxygen atoms in total. The molecule has 7 aromatic rings. The van der Waals surface area contributed by atoms with E-state index in [0.29, 0.717) is 46.6 Å². The van der Waals surface area contributed by atoms with Gasteiger partial charge in [0.2, 0.25) is 11.8 Å². The fourth-order valence-corrected chi connectivity index (χ4v) is 10.7. The van der Waals surface area contributed by atoms with Gasteiger partial charge in [-0.15, -0.1) is 32.9 Å². The molecule has 324 valence electrons. The number of β-amino-alcohol motifs (C(OH)–C–C–N with tert-alkyl or cyclic N) is 1. The fraction of sp³-hybridized carbons (Fsp3) is 0.362. The number of hydrogen-bond acceptors (Lipinski definition) is 14. The van der Waals surface area contributed by atoms with Crippen LogP contribution in [0.5, 0.6) is 5.75 Å². The first kappa shape index (κ1) is 42.4. The maximum atomic E-state index is 14.3. The number of aromatic nitrogens is 6. The van der Waals surface area contributed by atoms with E-state index in [2.05, 4.69) is 46.6 Å².